The predicted molar refractivity (Wildman–Crippen MR) is 116 cm³/mol. The molecule has 2 aliphatic carbocycles. The summed E-state index contributed by atoms with van der Waals surface area (Å²) in [4.78, 5) is 29.0. The maximum Gasteiger partial charge on any atom is 0.230 e. The fraction of sp³-hybridized carbons (Fsp3) is 0.652. The molecule has 1 unspecified atom stereocenters. The van der Waals surface area contributed by atoms with Gasteiger partial charge in [0.1, 0.15) is 0 Å². The van der Waals surface area contributed by atoms with E-state index in [4.69, 9.17) is 5.73 Å². The van der Waals surface area contributed by atoms with Gasteiger partial charge >= 0.3 is 0 Å². The molecule has 0 spiro atoms. The molecule has 0 radical (unpaired) electrons. The highest BCUT2D eigenvalue weighted by atomic mass is 16.2. The van der Waals surface area contributed by atoms with Crippen LogP contribution in [0.1, 0.15) is 57.4 Å². The topological polar surface area (TPSA) is 78.7 Å². The van der Waals surface area contributed by atoms with Crippen molar-refractivity contribution in [3.8, 4) is 0 Å². The lowest BCUT2D eigenvalue weighted by atomic mass is 9.85. The van der Waals surface area contributed by atoms with Crippen LogP contribution in [0.25, 0.3) is 0 Å². The van der Waals surface area contributed by atoms with Crippen LogP contribution >= 0.6 is 0 Å². The summed E-state index contributed by atoms with van der Waals surface area (Å²) in [6.45, 7) is 6.62. The molecule has 2 saturated carbocycles. The molecule has 0 saturated heterocycles. The van der Waals surface area contributed by atoms with Crippen molar-refractivity contribution in [3.63, 3.8) is 0 Å². The second kappa shape index (κ2) is 8.44. The number of nitrogens with zero attached hydrogens (tertiary/aromatic N) is 2. The average molecular weight is 399 g/mol. The number of hydrogen-bond acceptors (Lipinski definition) is 4. The van der Waals surface area contributed by atoms with Gasteiger partial charge in [-0.25, -0.2) is 0 Å². The number of fused-ring (bicyclic) bond motifs is 1. The summed E-state index contributed by atoms with van der Waals surface area (Å²) >= 11 is 0. The Hall–Kier alpha value is -1.92. The highest BCUT2D eigenvalue weighted by molar-refractivity contribution is 6.05. The van der Waals surface area contributed by atoms with Crippen molar-refractivity contribution in [2.75, 3.05) is 36.0 Å². The lowest BCUT2D eigenvalue weighted by Crippen LogP contribution is -2.51. The van der Waals surface area contributed by atoms with Crippen LogP contribution in [0, 0.1) is 11.8 Å². The van der Waals surface area contributed by atoms with Crippen LogP contribution in [-0.4, -0.2) is 44.0 Å². The fourth-order valence-corrected chi connectivity index (χ4v) is 4.63. The zero-order chi connectivity index (χ0) is 20.5. The normalized spacial score (nSPS) is 22.8. The molecular weight excluding hydrogens is 364 g/mol. The summed E-state index contributed by atoms with van der Waals surface area (Å²) in [5.74, 6) is 1.38. The van der Waals surface area contributed by atoms with E-state index in [2.05, 4.69) is 17.4 Å². The molecule has 158 valence electrons. The third-order valence-corrected chi connectivity index (χ3v) is 6.77. The van der Waals surface area contributed by atoms with Crippen molar-refractivity contribution in [2.24, 2.45) is 17.6 Å². The first-order chi connectivity index (χ1) is 14.0. The summed E-state index contributed by atoms with van der Waals surface area (Å²) in [6.07, 6.45) is 5.97. The zero-order valence-corrected chi connectivity index (χ0v) is 17.7. The lowest BCUT2D eigenvalue weighted by Gasteiger charge is -2.41. The number of benzene rings is 1. The van der Waals surface area contributed by atoms with Crippen molar-refractivity contribution >= 4 is 23.2 Å². The molecule has 2 fully saturated rings. The molecule has 4 rings (SSSR count). The van der Waals surface area contributed by atoms with Crippen LogP contribution in [-0.2, 0) is 9.59 Å². The highest BCUT2D eigenvalue weighted by Gasteiger charge is 2.39. The molecule has 3 N–H and O–H groups in total. The van der Waals surface area contributed by atoms with Gasteiger partial charge in [-0.3, -0.25) is 9.59 Å². The minimum absolute atomic E-state index is 0.0163. The van der Waals surface area contributed by atoms with Crippen LogP contribution in [0.15, 0.2) is 18.2 Å². The summed E-state index contributed by atoms with van der Waals surface area (Å²) in [7, 11) is 0. The number of amides is 2. The van der Waals surface area contributed by atoms with Gasteiger partial charge in [-0.2, -0.15) is 0 Å². The van der Waals surface area contributed by atoms with E-state index in [1.54, 1.807) is 6.92 Å². The van der Waals surface area contributed by atoms with Crippen LogP contribution in [0.4, 0.5) is 11.4 Å². The Bertz CT molecular complexity index is 772. The molecule has 29 heavy (non-hydrogen) atoms. The zero-order valence-electron chi connectivity index (χ0n) is 17.7. The van der Waals surface area contributed by atoms with Gasteiger partial charge in [-0.15, -0.1) is 0 Å². The van der Waals surface area contributed by atoms with E-state index in [0.717, 1.165) is 48.8 Å². The quantitative estimate of drug-likeness (QED) is 0.740. The molecule has 2 amide bonds. The Balaban J connectivity index is 1.59. The second-order valence-electron chi connectivity index (χ2n) is 9.10. The first-order valence-electron chi connectivity index (χ1n) is 11.2. The maximum atomic E-state index is 13.0. The summed E-state index contributed by atoms with van der Waals surface area (Å²) in [5.41, 5.74) is 8.95. The van der Waals surface area contributed by atoms with Gasteiger partial charge in [0.15, 0.2) is 0 Å². The van der Waals surface area contributed by atoms with Crippen molar-refractivity contribution < 1.29 is 9.59 Å². The molecule has 1 heterocycles. The van der Waals surface area contributed by atoms with E-state index in [9.17, 15) is 9.59 Å². The molecule has 0 bridgehead atoms. The largest absolute Gasteiger partial charge is 0.330 e. The number of carbonyl (C=O) groups is 2. The Morgan fingerprint density at radius 1 is 1.21 bits per heavy atom. The lowest BCUT2D eigenvalue weighted by molar-refractivity contribution is -0.120. The number of hydrogen-bond donors (Lipinski definition) is 2. The Kier molecular flexibility index (Phi) is 5.93. The highest BCUT2D eigenvalue weighted by Crippen LogP contribution is 2.41. The summed E-state index contributed by atoms with van der Waals surface area (Å²) in [6, 6.07) is 6.15. The SMILES string of the molecule is CC(=O)N1c2ccc(C(CN)CNCC3CCC3)cc2N(C(=O)C2CC2)C[C@@H]1C. The Morgan fingerprint density at radius 3 is 2.55 bits per heavy atom. The van der Waals surface area contributed by atoms with Crippen LogP contribution in [0.2, 0.25) is 0 Å². The first-order valence-corrected chi connectivity index (χ1v) is 11.2. The monoisotopic (exact) mass is 398 g/mol. The molecule has 3 aliphatic rings. The average Bonchev–Trinajstić information content (AvgIpc) is 3.50. The van der Waals surface area contributed by atoms with E-state index >= 15 is 0 Å². The van der Waals surface area contributed by atoms with Crippen molar-refractivity contribution in [3.05, 3.63) is 23.8 Å². The van der Waals surface area contributed by atoms with Gasteiger partial charge in [0, 0.05) is 38.4 Å². The fourth-order valence-electron chi connectivity index (χ4n) is 4.63. The third kappa shape index (κ3) is 4.19. The minimum atomic E-state index is -0.0250. The number of anilines is 2. The molecule has 0 aromatic heterocycles. The van der Waals surface area contributed by atoms with Crippen LogP contribution in [0.5, 0.6) is 0 Å². The Morgan fingerprint density at radius 2 is 1.97 bits per heavy atom. The Labute approximate surface area is 173 Å². The molecule has 1 aromatic carbocycles. The smallest absolute Gasteiger partial charge is 0.230 e. The molecule has 6 nitrogen and oxygen atoms in total. The third-order valence-electron chi connectivity index (χ3n) is 6.77. The van der Waals surface area contributed by atoms with Gasteiger partial charge in [0.05, 0.1) is 17.4 Å². The summed E-state index contributed by atoms with van der Waals surface area (Å²) < 4.78 is 0. The van der Waals surface area contributed by atoms with E-state index in [1.165, 1.54) is 19.3 Å². The van der Waals surface area contributed by atoms with Crippen LogP contribution in [0.3, 0.4) is 0 Å². The van der Waals surface area contributed by atoms with E-state index in [-0.39, 0.29) is 29.7 Å². The minimum Gasteiger partial charge on any atom is -0.330 e. The number of carbonyl (C=O) groups excluding carboxylic acids is 2. The number of nitrogens with one attached hydrogen (secondary N) is 1. The van der Waals surface area contributed by atoms with Crippen molar-refractivity contribution in [1.82, 2.24) is 5.32 Å². The predicted octanol–water partition coefficient (Wildman–Crippen LogP) is 2.62. The maximum absolute atomic E-state index is 13.0. The van der Waals surface area contributed by atoms with Gasteiger partial charge < -0.3 is 20.9 Å². The molecule has 2 atom stereocenters. The van der Waals surface area contributed by atoms with Crippen molar-refractivity contribution in [2.45, 2.75) is 57.9 Å². The molecule has 1 aliphatic heterocycles. The van der Waals surface area contributed by atoms with Crippen molar-refractivity contribution in [1.29, 1.82) is 0 Å². The molecular formula is C23H34N4O2. The molecule has 1 aromatic rings. The van der Waals surface area contributed by atoms with Crippen LogP contribution < -0.4 is 20.9 Å². The van der Waals surface area contributed by atoms with E-state index in [1.807, 2.05) is 22.8 Å². The van der Waals surface area contributed by atoms with E-state index < -0.39 is 0 Å². The standard InChI is InChI=1S/C23H34N4O2/c1-15-14-26(23(29)18-6-7-18)22-10-19(8-9-21(22)27(15)16(2)28)20(11-24)13-25-12-17-4-3-5-17/h8-10,15,17-18,20,25H,3-7,11-14,24H2,1-2H3/t15-,20?/m0/s1. The molecule has 6 heteroatoms. The van der Waals surface area contributed by atoms with Gasteiger partial charge in [-0.1, -0.05) is 12.5 Å². The van der Waals surface area contributed by atoms with Gasteiger partial charge in [0.2, 0.25) is 11.8 Å². The first kappa shape index (κ1) is 20.4. The van der Waals surface area contributed by atoms with E-state index in [0.29, 0.717) is 13.1 Å². The number of rotatable bonds is 7. The number of nitrogens with two attached hydrogens (primary N) is 1. The van der Waals surface area contributed by atoms with Gasteiger partial charge in [0.25, 0.3) is 0 Å². The van der Waals surface area contributed by atoms with Gasteiger partial charge in [-0.05, 0) is 62.8 Å². The summed E-state index contributed by atoms with van der Waals surface area (Å²) in [5, 5.41) is 3.59. The second-order valence-corrected chi connectivity index (χ2v) is 9.10.